The molecule has 1 aromatic rings. The van der Waals surface area contributed by atoms with Crippen molar-refractivity contribution in [3.63, 3.8) is 0 Å². The molecule has 0 radical (unpaired) electrons. The van der Waals surface area contributed by atoms with Crippen molar-refractivity contribution in [1.82, 2.24) is 14.9 Å². The minimum atomic E-state index is 0.877. The molecule has 0 atom stereocenters. The Morgan fingerprint density at radius 1 is 1.33 bits per heavy atom. The summed E-state index contributed by atoms with van der Waals surface area (Å²) in [6.07, 6.45) is 0.977. The first kappa shape index (κ1) is 12.5. The minimum Gasteiger partial charge on any atom is -0.309 e. The number of aromatic nitrogens is 2. The van der Waals surface area contributed by atoms with Crippen molar-refractivity contribution in [3.05, 3.63) is 17.6 Å². The number of thioether (sulfide) groups is 1. The van der Waals surface area contributed by atoms with Crippen LogP contribution in [0.15, 0.2) is 11.1 Å². The highest BCUT2D eigenvalue weighted by Gasteiger charge is 2.01. The first-order valence-electron chi connectivity index (χ1n) is 5.24. The Bertz CT molecular complexity index is 313. The fourth-order valence-electron chi connectivity index (χ4n) is 1.19. The van der Waals surface area contributed by atoms with Gasteiger partial charge in [-0.05, 0) is 33.5 Å². The maximum atomic E-state index is 4.41. The molecule has 3 nitrogen and oxygen atoms in total. The summed E-state index contributed by atoms with van der Waals surface area (Å²) in [5.41, 5.74) is 1.13. The Balaban J connectivity index is 2.56. The molecule has 0 aliphatic rings. The number of hydrogen-bond acceptors (Lipinski definition) is 4. The second-order valence-electron chi connectivity index (χ2n) is 3.75. The van der Waals surface area contributed by atoms with Gasteiger partial charge in [0.05, 0.1) is 0 Å². The third-order valence-corrected chi connectivity index (χ3v) is 2.91. The molecule has 1 heterocycles. The number of rotatable bonds is 5. The smallest absolute Gasteiger partial charge is 0.126 e. The quantitative estimate of drug-likeness (QED) is 0.566. The van der Waals surface area contributed by atoms with Crippen LogP contribution in [0.3, 0.4) is 0 Å². The second kappa shape index (κ2) is 6.08. The summed E-state index contributed by atoms with van der Waals surface area (Å²) in [6, 6.07) is 2.09. The molecular formula is C11H19N3S. The van der Waals surface area contributed by atoms with E-state index in [1.165, 1.54) is 0 Å². The van der Waals surface area contributed by atoms with Crippen molar-refractivity contribution in [1.29, 1.82) is 0 Å². The summed E-state index contributed by atoms with van der Waals surface area (Å²) in [6.45, 7) is 5.15. The lowest BCUT2D eigenvalue weighted by atomic mass is 10.3. The minimum absolute atomic E-state index is 0.877. The van der Waals surface area contributed by atoms with E-state index in [1.54, 1.807) is 11.8 Å². The summed E-state index contributed by atoms with van der Waals surface area (Å²) in [5.74, 6) is 1.95. The molecule has 0 saturated carbocycles. The van der Waals surface area contributed by atoms with Crippen LogP contribution in [0.5, 0.6) is 0 Å². The number of aryl methyl sites for hydroxylation is 2. The van der Waals surface area contributed by atoms with Crippen LogP contribution in [0.2, 0.25) is 0 Å². The summed E-state index contributed by atoms with van der Waals surface area (Å²) in [7, 11) is 4.17. The van der Waals surface area contributed by atoms with E-state index in [4.69, 9.17) is 0 Å². The van der Waals surface area contributed by atoms with Crippen LogP contribution < -0.4 is 0 Å². The van der Waals surface area contributed by atoms with Gasteiger partial charge < -0.3 is 4.90 Å². The van der Waals surface area contributed by atoms with E-state index in [0.717, 1.165) is 35.3 Å². The Kier molecular flexibility index (Phi) is 5.05. The molecule has 0 N–H and O–H groups in total. The Labute approximate surface area is 96.3 Å². The number of hydrogen-bond donors (Lipinski definition) is 0. The molecule has 1 aromatic heterocycles. The van der Waals surface area contributed by atoms with Crippen LogP contribution in [0.4, 0.5) is 0 Å². The van der Waals surface area contributed by atoms with E-state index in [0.29, 0.717) is 0 Å². The summed E-state index contributed by atoms with van der Waals surface area (Å²) in [5, 5.41) is 1.10. The SMILES string of the molecule is CCc1cc(SCCN(C)C)nc(C)n1. The van der Waals surface area contributed by atoms with Gasteiger partial charge in [-0.15, -0.1) is 11.8 Å². The molecule has 0 amide bonds. The molecule has 0 aliphatic carbocycles. The lowest BCUT2D eigenvalue weighted by molar-refractivity contribution is 0.437. The van der Waals surface area contributed by atoms with E-state index < -0.39 is 0 Å². The predicted molar refractivity (Wildman–Crippen MR) is 65.4 cm³/mol. The van der Waals surface area contributed by atoms with Gasteiger partial charge in [0.15, 0.2) is 0 Å². The maximum Gasteiger partial charge on any atom is 0.126 e. The molecule has 84 valence electrons. The van der Waals surface area contributed by atoms with Crippen LogP contribution in [-0.2, 0) is 6.42 Å². The highest BCUT2D eigenvalue weighted by molar-refractivity contribution is 7.99. The van der Waals surface area contributed by atoms with Gasteiger partial charge in [-0.3, -0.25) is 0 Å². The predicted octanol–water partition coefficient (Wildman–Crippen LogP) is 2.00. The Hall–Kier alpha value is -0.610. The molecule has 0 saturated heterocycles. The lowest BCUT2D eigenvalue weighted by Crippen LogP contribution is -2.14. The molecule has 4 heteroatoms. The Morgan fingerprint density at radius 2 is 2.07 bits per heavy atom. The zero-order chi connectivity index (χ0) is 11.3. The van der Waals surface area contributed by atoms with Gasteiger partial charge in [0, 0.05) is 18.0 Å². The van der Waals surface area contributed by atoms with E-state index in [9.17, 15) is 0 Å². The fourth-order valence-corrected chi connectivity index (χ4v) is 2.27. The van der Waals surface area contributed by atoms with Gasteiger partial charge in [-0.25, -0.2) is 9.97 Å². The average molecular weight is 225 g/mol. The third-order valence-electron chi connectivity index (χ3n) is 2.02. The van der Waals surface area contributed by atoms with Crippen molar-refractivity contribution in [2.75, 3.05) is 26.4 Å². The van der Waals surface area contributed by atoms with Gasteiger partial charge >= 0.3 is 0 Å². The molecule has 15 heavy (non-hydrogen) atoms. The monoisotopic (exact) mass is 225 g/mol. The number of nitrogens with zero attached hydrogens (tertiary/aromatic N) is 3. The summed E-state index contributed by atoms with van der Waals surface area (Å²) < 4.78 is 0. The van der Waals surface area contributed by atoms with Crippen LogP contribution in [0.1, 0.15) is 18.4 Å². The zero-order valence-electron chi connectivity index (χ0n) is 9.95. The van der Waals surface area contributed by atoms with Crippen molar-refractivity contribution >= 4 is 11.8 Å². The van der Waals surface area contributed by atoms with E-state index in [1.807, 2.05) is 6.92 Å². The third kappa shape index (κ3) is 4.62. The highest BCUT2D eigenvalue weighted by atomic mass is 32.2. The Morgan fingerprint density at radius 3 is 2.67 bits per heavy atom. The van der Waals surface area contributed by atoms with Crippen LogP contribution in [0.25, 0.3) is 0 Å². The molecule has 0 spiro atoms. The molecule has 0 fully saturated rings. The highest BCUT2D eigenvalue weighted by Crippen LogP contribution is 2.16. The maximum absolute atomic E-state index is 4.41. The van der Waals surface area contributed by atoms with Gasteiger partial charge in [0.25, 0.3) is 0 Å². The molecule has 1 rings (SSSR count). The molecule has 0 aromatic carbocycles. The molecule has 0 bridgehead atoms. The molecule has 0 aliphatic heterocycles. The van der Waals surface area contributed by atoms with Crippen molar-refractivity contribution in [2.45, 2.75) is 25.3 Å². The van der Waals surface area contributed by atoms with Crippen molar-refractivity contribution < 1.29 is 0 Å². The van der Waals surface area contributed by atoms with Gasteiger partial charge in [-0.2, -0.15) is 0 Å². The van der Waals surface area contributed by atoms with E-state index >= 15 is 0 Å². The van der Waals surface area contributed by atoms with Gasteiger partial charge in [0.1, 0.15) is 10.9 Å². The molecule has 0 unspecified atom stereocenters. The van der Waals surface area contributed by atoms with Crippen molar-refractivity contribution in [3.8, 4) is 0 Å². The van der Waals surface area contributed by atoms with E-state index in [2.05, 4.69) is 42.0 Å². The average Bonchev–Trinajstić information content (AvgIpc) is 2.16. The summed E-state index contributed by atoms with van der Waals surface area (Å²) >= 11 is 1.80. The van der Waals surface area contributed by atoms with E-state index in [-0.39, 0.29) is 0 Å². The van der Waals surface area contributed by atoms with Gasteiger partial charge in [-0.1, -0.05) is 6.92 Å². The van der Waals surface area contributed by atoms with Crippen LogP contribution >= 0.6 is 11.8 Å². The first-order chi connectivity index (χ1) is 7.11. The topological polar surface area (TPSA) is 29.0 Å². The first-order valence-corrected chi connectivity index (χ1v) is 6.22. The van der Waals surface area contributed by atoms with Crippen LogP contribution in [-0.4, -0.2) is 41.3 Å². The molecular weight excluding hydrogens is 206 g/mol. The lowest BCUT2D eigenvalue weighted by Gasteiger charge is -2.09. The summed E-state index contributed by atoms with van der Waals surface area (Å²) in [4.78, 5) is 11.0. The largest absolute Gasteiger partial charge is 0.309 e. The normalized spacial score (nSPS) is 11.0. The van der Waals surface area contributed by atoms with Crippen molar-refractivity contribution in [2.24, 2.45) is 0 Å². The zero-order valence-corrected chi connectivity index (χ0v) is 10.8. The fraction of sp³-hybridized carbons (Fsp3) is 0.636. The second-order valence-corrected chi connectivity index (χ2v) is 4.87. The standard InChI is InChI=1S/C11H19N3S/c1-5-10-8-11(13-9(2)12-10)15-7-6-14(3)4/h8H,5-7H2,1-4H3. The van der Waals surface area contributed by atoms with Gasteiger partial charge in [0.2, 0.25) is 0 Å². The van der Waals surface area contributed by atoms with Crippen LogP contribution in [0, 0.1) is 6.92 Å².